The zero-order valence-electron chi connectivity index (χ0n) is 18.1. The molecule has 0 saturated carbocycles. The summed E-state index contributed by atoms with van der Waals surface area (Å²) < 4.78 is 11.0. The predicted molar refractivity (Wildman–Crippen MR) is 120 cm³/mol. The molecule has 164 valence electrons. The van der Waals surface area contributed by atoms with Gasteiger partial charge in [-0.05, 0) is 24.1 Å². The Morgan fingerprint density at radius 2 is 2.03 bits per heavy atom. The van der Waals surface area contributed by atoms with Gasteiger partial charge in [0.15, 0.2) is 5.96 Å². The molecule has 2 heterocycles. The minimum atomic E-state index is 0.180. The minimum absolute atomic E-state index is 0.180. The average molecular weight is 434 g/mol. The van der Waals surface area contributed by atoms with Gasteiger partial charge < -0.3 is 19.9 Å². The molecule has 3 rings (SSSR count). The topological polar surface area (TPSA) is 74.9 Å². The number of benzene rings is 1. The molecule has 1 aliphatic rings. The maximum absolute atomic E-state index is 6.27. The van der Waals surface area contributed by atoms with Crippen LogP contribution in [-0.2, 0) is 24.1 Å². The zero-order valence-corrected chi connectivity index (χ0v) is 18.8. The number of hydrogen-bond acceptors (Lipinski definition) is 5. The molecule has 0 amide bonds. The molecule has 30 heavy (non-hydrogen) atoms. The number of guanidine groups is 1. The fourth-order valence-electron chi connectivity index (χ4n) is 3.78. The Morgan fingerprint density at radius 1 is 1.23 bits per heavy atom. The molecule has 0 bridgehead atoms. The van der Waals surface area contributed by atoms with Gasteiger partial charge in [-0.2, -0.15) is 0 Å². The Kier molecular flexibility index (Phi) is 8.54. The molecular weight excluding hydrogens is 402 g/mol. The first-order valence-corrected chi connectivity index (χ1v) is 11.0. The van der Waals surface area contributed by atoms with E-state index >= 15 is 0 Å². The first kappa shape index (κ1) is 22.6. The van der Waals surface area contributed by atoms with Crippen molar-refractivity contribution in [3.63, 3.8) is 0 Å². The van der Waals surface area contributed by atoms with E-state index in [1.165, 1.54) is 5.56 Å². The second-order valence-electron chi connectivity index (χ2n) is 7.26. The molecule has 1 aromatic heterocycles. The molecule has 0 radical (unpaired) electrons. The summed E-state index contributed by atoms with van der Waals surface area (Å²) in [7, 11) is 1.79. The lowest BCUT2D eigenvalue weighted by molar-refractivity contribution is 0.0170. The van der Waals surface area contributed by atoms with E-state index < -0.39 is 0 Å². The van der Waals surface area contributed by atoms with Gasteiger partial charge >= 0.3 is 0 Å². The predicted octanol–water partition coefficient (Wildman–Crippen LogP) is 3.19. The highest BCUT2D eigenvalue weighted by Gasteiger charge is 2.23. The SMILES string of the molecule is CCc1noc(CC)c1CNC(=NC)NCC(c1cccc(Cl)c1)N1CCOCC1. The summed E-state index contributed by atoms with van der Waals surface area (Å²) in [6.07, 6.45) is 1.67. The van der Waals surface area contributed by atoms with Gasteiger partial charge in [0.05, 0.1) is 24.9 Å². The third-order valence-electron chi connectivity index (χ3n) is 5.45. The van der Waals surface area contributed by atoms with Gasteiger partial charge in [0.2, 0.25) is 0 Å². The van der Waals surface area contributed by atoms with Gasteiger partial charge in [0.25, 0.3) is 0 Å². The van der Waals surface area contributed by atoms with Crippen molar-refractivity contribution in [3.05, 3.63) is 51.9 Å². The summed E-state index contributed by atoms with van der Waals surface area (Å²) in [5, 5.41) is 11.8. The maximum atomic E-state index is 6.27. The molecule has 2 aromatic rings. The highest BCUT2D eigenvalue weighted by atomic mass is 35.5. The molecule has 1 saturated heterocycles. The second kappa shape index (κ2) is 11.3. The molecule has 1 fully saturated rings. The van der Waals surface area contributed by atoms with Gasteiger partial charge in [0, 0.05) is 50.2 Å². The number of halogens is 1. The van der Waals surface area contributed by atoms with Crippen molar-refractivity contribution in [3.8, 4) is 0 Å². The Balaban J connectivity index is 1.66. The van der Waals surface area contributed by atoms with Crippen LogP contribution in [0.2, 0.25) is 5.02 Å². The average Bonchev–Trinajstić information content (AvgIpc) is 3.18. The summed E-state index contributed by atoms with van der Waals surface area (Å²) in [6.45, 7) is 8.80. The van der Waals surface area contributed by atoms with E-state index in [1.807, 2.05) is 18.2 Å². The largest absolute Gasteiger partial charge is 0.379 e. The molecule has 2 N–H and O–H groups in total. The number of aryl methyl sites for hydroxylation is 2. The van der Waals surface area contributed by atoms with E-state index in [9.17, 15) is 0 Å². The van der Waals surface area contributed by atoms with E-state index in [1.54, 1.807) is 7.05 Å². The van der Waals surface area contributed by atoms with Crippen molar-refractivity contribution < 1.29 is 9.26 Å². The molecule has 0 aliphatic carbocycles. The van der Waals surface area contributed by atoms with Gasteiger partial charge in [-0.25, -0.2) is 0 Å². The van der Waals surface area contributed by atoms with E-state index in [-0.39, 0.29) is 6.04 Å². The van der Waals surface area contributed by atoms with Crippen LogP contribution in [0.15, 0.2) is 33.8 Å². The lowest BCUT2D eigenvalue weighted by Gasteiger charge is -2.35. The molecule has 1 atom stereocenters. The van der Waals surface area contributed by atoms with Crippen LogP contribution >= 0.6 is 11.6 Å². The molecule has 1 unspecified atom stereocenters. The third kappa shape index (κ3) is 5.74. The van der Waals surface area contributed by atoms with Crippen LogP contribution in [0.4, 0.5) is 0 Å². The number of aromatic nitrogens is 1. The first-order valence-electron chi connectivity index (χ1n) is 10.6. The number of nitrogens with zero attached hydrogens (tertiary/aromatic N) is 3. The molecule has 1 aromatic carbocycles. The van der Waals surface area contributed by atoms with Crippen LogP contribution in [0.1, 0.15) is 42.5 Å². The lowest BCUT2D eigenvalue weighted by Crippen LogP contribution is -2.46. The smallest absolute Gasteiger partial charge is 0.191 e. The van der Waals surface area contributed by atoms with Crippen LogP contribution in [-0.4, -0.2) is 55.9 Å². The Labute approximate surface area is 183 Å². The van der Waals surface area contributed by atoms with Crippen LogP contribution in [0.3, 0.4) is 0 Å². The molecule has 8 heteroatoms. The van der Waals surface area contributed by atoms with E-state index in [0.717, 1.165) is 67.1 Å². The molecule has 1 aliphatic heterocycles. The Hall–Kier alpha value is -2.09. The normalized spacial score (nSPS) is 16.5. The summed E-state index contributed by atoms with van der Waals surface area (Å²) in [5.41, 5.74) is 3.32. The second-order valence-corrected chi connectivity index (χ2v) is 7.70. The highest BCUT2D eigenvalue weighted by molar-refractivity contribution is 6.30. The van der Waals surface area contributed by atoms with Crippen molar-refractivity contribution >= 4 is 17.6 Å². The molecular formula is C22H32ClN5O2. The summed E-state index contributed by atoms with van der Waals surface area (Å²) in [6, 6.07) is 8.26. The van der Waals surface area contributed by atoms with Gasteiger partial charge in [-0.1, -0.05) is 42.7 Å². The fourth-order valence-corrected chi connectivity index (χ4v) is 3.98. The Bertz CT molecular complexity index is 811. The lowest BCUT2D eigenvalue weighted by atomic mass is 10.0. The van der Waals surface area contributed by atoms with Gasteiger partial charge in [0.1, 0.15) is 5.76 Å². The quantitative estimate of drug-likeness (QED) is 0.492. The highest BCUT2D eigenvalue weighted by Crippen LogP contribution is 2.24. The van der Waals surface area contributed by atoms with Crippen molar-refractivity contribution in [2.45, 2.75) is 39.3 Å². The standard InChI is InChI=1S/C22H32ClN5O2/c1-4-19-18(21(5-2)30-27-19)14-25-22(24-3)26-15-20(28-9-11-29-12-10-28)16-7-6-8-17(23)13-16/h6-8,13,20H,4-5,9-12,14-15H2,1-3H3,(H2,24,25,26). The van der Waals surface area contributed by atoms with E-state index in [2.05, 4.69) is 45.6 Å². The monoisotopic (exact) mass is 433 g/mol. The molecule has 0 spiro atoms. The number of morpholine rings is 1. The van der Waals surface area contributed by atoms with E-state index in [0.29, 0.717) is 13.1 Å². The van der Waals surface area contributed by atoms with Crippen LogP contribution in [0.5, 0.6) is 0 Å². The summed E-state index contributed by atoms with van der Waals surface area (Å²) in [5.74, 6) is 1.68. The van der Waals surface area contributed by atoms with Crippen LogP contribution in [0.25, 0.3) is 0 Å². The van der Waals surface area contributed by atoms with Crippen LogP contribution in [0, 0.1) is 0 Å². The van der Waals surface area contributed by atoms with Gasteiger partial charge in [-0.15, -0.1) is 0 Å². The number of rotatable bonds is 8. The number of aliphatic imine (C=N–C) groups is 1. The Morgan fingerprint density at radius 3 is 2.70 bits per heavy atom. The number of nitrogens with one attached hydrogen (secondary N) is 2. The van der Waals surface area contributed by atoms with E-state index in [4.69, 9.17) is 20.9 Å². The summed E-state index contributed by atoms with van der Waals surface area (Å²) in [4.78, 5) is 6.83. The zero-order chi connectivity index (χ0) is 21.3. The third-order valence-corrected chi connectivity index (χ3v) is 5.68. The summed E-state index contributed by atoms with van der Waals surface area (Å²) >= 11 is 6.27. The maximum Gasteiger partial charge on any atom is 0.191 e. The van der Waals surface area contributed by atoms with Crippen LogP contribution < -0.4 is 10.6 Å². The van der Waals surface area contributed by atoms with Crippen molar-refractivity contribution in [1.82, 2.24) is 20.7 Å². The fraction of sp³-hybridized carbons (Fsp3) is 0.545. The number of ether oxygens (including phenoxy) is 1. The molecule has 7 nitrogen and oxygen atoms in total. The number of hydrogen-bond donors (Lipinski definition) is 2. The minimum Gasteiger partial charge on any atom is -0.379 e. The van der Waals surface area contributed by atoms with Crippen molar-refractivity contribution in [1.29, 1.82) is 0 Å². The van der Waals surface area contributed by atoms with Gasteiger partial charge in [-0.3, -0.25) is 9.89 Å². The van der Waals surface area contributed by atoms with Crippen molar-refractivity contribution in [2.75, 3.05) is 39.9 Å². The van der Waals surface area contributed by atoms with Crippen molar-refractivity contribution in [2.24, 2.45) is 4.99 Å². The first-order chi connectivity index (χ1) is 14.7.